The third kappa shape index (κ3) is 4.20. The molecule has 132 valence electrons. The number of ether oxygens (including phenoxy) is 2. The van der Waals surface area contributed by atoms with Crippen molar-refractivity contribution in [1.82, 2.24) is 10.2 Å². The van der Waals surface area contributed by atoms with Gasteiger partial charge in [0.2, 0.25) is 0 Å². The van der Waals surface area contributed by atoms with Crippen LogP contribution < -0.4 is 10.1 Å². The van der Waals surface area contributed by atoms with Gasteiger partial charge in [-0.2, -0.15) is 0 Å². The topological polar surface area (TPSA) is 50.8 Å². The average molecular weight is 332 g/mol. The Balaban J connectivity index is 1.53. The van der Waals surface area contributed by atoms with E-state index in [-0.39, 0.29) is 17.7 Å². The number of carbonyl (C=O) groups is 1. The lowest BCUT2D eigenvalue weighted by atomic mass is 10.00. The molecule has 1 aliphatic heterocycles. The van der Waals surface area contributed by atoms with Crippen molar-refractivity contribution in [3.05, 3.63) is 29.8 Å². The quantitative estimate of drug-likeness (QED) is 0.920. The van der Waals surface area contributed by atoms with Crippen LogP contribution in [0, 0.1) is 0 Å². The van der Waals surface area contributed by atoms with Crippen LogP contribution in [0.3, 0.4) is 0 Å². The van der Waals surface area contributed by atoms with Gasteiger partial charge in [0.05, 0.1) is 24.9 Å². The Bertz CT molecular complexity index is 567. The van der Waals surface area contributed by atoms with Gasteiger partial charge in [0, 0.05) is 13.1 Å². The lowest BCUT2D eigenvalue weighted by Crippen LogP contribution is -2.54. The molecular formula is C19H28N2O3. The largest absolute Gasteiger partial charge is 0.491 e. The van der Waals surface area contributed by atoms with Crippen LogP contribution in [-0.2, 0) is 11.3 Å². The molecule has 0 unspecified atom stereocenters. The zero-order valence-electron chi connectivity index (χ0n) is 14.7. The summed E-state index contributed by atoms with van der Waals surface area (Å²) in [6.45, 7) is 6.56. The molecule has 3 rings (SSSR count). The van der Waals surface area contributed by atoms with Gasteiger partial charge in [-0.15, -0.1) is 0 Å². The van der Waals surface area contributed by atoms with Gasteiger partial charge in [0.25, 0.3) is 0 Å². The van der Waals surface area contributed by atoms with Crippen LogP contribution in [0.4, 0.5) is 4.79 Å². The van der Waals surface area contributed by atoms with E-state index in [1.54, 1.807) is 0 Å². The highest BCUT2D eigenvalue weighted by Gasteiger charge is 2.40. The summed E-state index contributed by atoms with van der Waals surface area (Å²) in [4.78, 5) is 14.4. The maximum absolute atomic E-state index is 12.5. The van der Waals surface area contributed by atoms with Crippen molar-refractivity contribution in [2.24, 2.45) is 0 Å². The summed E-state index contributed by atoms with van der Waals surface area (Å²) in [6, 6.07) is 7.89. The van der Waals surface area contributed by atoms with E-state index in [4.69, 9.17) is 9.47 Å². The fourth-order valence-corrected chi connectivity index (χ4v) is 3.63. The van der Waals surface area contributed by atoms with Crippen molar-refractivity contribution < 1.29 is 14.3 Å². The van der Waals surface area contributed by atoms with Crippen molar-refractivity contribution in [2.45, 2.75) is 57.8 Å². The SMILES string of the molecule is CC(C)Oc1cccc(CNC(=O)N2CCOC3(CCCC3)C2)c1. The number of morpholine rings is 1. The molecule has 0 atom stereocenters. The second-order valence-electron chi connectivity index (χ2n) is 7.13. The molecule has 1 saturated carbocycles. The highest BCUT2D eigenvalue weighted by molar-refractivity contribution is 5.74. The summed E-state index contributed by atoms with van der Waals surface area (Å²) < 4.78 is 11.7. The van der Waals surface area contributed by atoms with Crippen LogP contribution in [0.15, 0.2) is 24.3 Å². The van der Waals surface area contributed by atoms with E-state index in [2.05, 4.69) is 5.32 Å². The first-order chi connectivity index (χ1) is 11.6. The molecule has 2 amide bonds. The summed E-state index contributed by atoms with van der Waals surface area (Å²) in [7, 11) is 0. The second-order valence-corrected chi connectivity index (χ2v) is 7.13. The molecule has 1 aliphatic carbocycles. The maximum atomic E-state index is 12.5. The van der Waals surface area contributed by atoms with Crippen LogP contribution in [0.1, 0.15) is 45.1 Å². The summed E-state index contributed by atoms with van der Waals surface area (Å²) in [5.74, 6) is 0.841. The Morgan fingerprint density at radius 2 is 2.17 bits per heavy atom. The molecular weight excluding hydrogens is 304 g/mol. The standard InChI is InChI=1S/C19H28N2O3/c1-15(2)24-17-7-5-6-16(12-17)13-20-18(22)21-10-11-23-19(14-21)8-3-4-9-19/h5-7,12,15H,3-4,8-11,13-14H2,1-2H3,(H,20,22). The van der Waals surface area contributed by atoms with Crippen LogP contribution in [0.5, 0.6) is 5.75 Å². The number of hydrogen-bond acceptors (Lipinski definition) is 3. The molecule has 5 heteroatoms. The monoisotopic (exact) mass is 332 g/mol. The first-order valence-electron chi connectivity index (χ1n) is 8.99. The van der Waals surface area contributed by atoms with Gasteiger partial charge in [-0.25, -0.2) is 4.79 Å². The molecule has 1 aromatic carbocycles. The molecule has 0 radical (unpaired) electrons. The van der Waals surface area contributed by atoms with Crippen molar-refractivity contribution >= 4 is 6.03 Å². The molecule has 24 heavy (non-hydrogen) atoms. The fraction of sp³-hybridized carbons (Fsp3) is 0.632. The third-order valence-corrected chi connectivity index (χ3v) is 4.76. The molecule has 0 aromatic heterocycles. The van der Waals surface area contributed by atoms with E-state index in [1.807, 2.05) is 43.0 Å². The first kappa shape index (κ1) is 17.1. The minimum Gasteiger partial charge on any atom is -0.491 e. The highest BCUT2D eigenvalue weighted by atomic mass is 16.5. The number of nitrogens with zero attached hydrogens (tertiary/aromatic N) is 1. The lowest BCUT2D eigenvalue weighted by molar-refractivity contribution is -0.0925. The summed E-state index contributed by atoms with van der Waals surface area (Å²) in [5.41, 5.74) is 0.964. The third-order valence-electron chi connectivity index (χ3n) is 4.76. The number of rotatable bonds is 4. The number of benzene rings is 1. The molecule has 1 heterocycles. The molecule has 2 aliphatic rings. The van der Waals surface area contributed by atoms with E-state index in [0.29, 0.717) is 19.7 Å². The molecule has 1 spiro atoms. The van der Waals surface area contributed by atoms with E-state index < -0.39 is 0 Å². The molecule has 1 N–H and O–H groups in total. The predicted molar refractivity (Wildman–Crippen MR) is 93.2 cm³/mol. The lowest BCUT2D eigenvalue weighted by Gasteiger charge is -2.40. The minimum atomic E-state index is -0.0827. The Morgan fingerprint density at radius 1 is 1.38 bits per heavy atom. The highest BCUT2D eigenvalue weighted by Crippen LogP contribution is 2.35. The van der Waals surface area contributed by atoms with Crippen LogP contribution in [0.25, 0.3) is 0 Å². The molecule has 0 bridgehead atoms. The van der Waals surface area contributed by atoms with Crippen molar-refractivity contribution in [1.29, 1.82) is 0 Å². The van der Waals surface area contributed by atoms with E-state index in [9.17, 15) is 4.79 Å². The Hall–Kier alpha value is -1.75. The summed E-state index contributed by atoms with van der Waals surface area (Å²) >= 11 is 0. The second kappa shape index (κ2) is 7.43. The normalized spacial score (nSPS) is 19.7. The Morgan fingerprint density at radius 3 is 2.92 bits per heavy atom. The number of amides is 2. The fourth-order valence-electron chi connectivity index (χ4n) is 3.63. The van der Waals surface area contributed by atoms with E-state index >= 15 is 0 Å². The smallest absolute Gasteiger partial charge is 0.317 e. The van der Waals surface area contributed by atoms with Crippen molar-refractivity contribution in [3.8, 4) is 5.75 Å². The zero-order chi connectivity index (χ0) is 17.0. The van der Waals surface area contributed by atoms with Gasteiger partial charge >= 0.3 is 6.03 Å². The van der Waals surface area contributed by atoms with Crippen LogP contribution >= 0.6 is 0 Å². The van der Waals surface area contributed by atoms with Crippen LogP contribution in [0.2, 0.25) is 0 Å². The first-order valence-corrected chi connectivity index (χ1v) is 8.99. The van der Waals surface area contributed by atoms with E-state index in [0.717, 1.165) is 30.7 Å². The van der Waals surface area contributed by atoms with Crippen LogP contribution in [-0.4, -0.2) is 42.3 Å². The van der Waals surface area contributed by atoms with Crippen molar-refractivity contribution in [3.63, 3.8) is 0 Å². The number of carbonyl (C=O) groups excluding carboxylic acids is 1. The average Bonchev–Trinajstić information content (AvgIpc) is 3.00. The van der Waals surface area contributed by atoms with Gasteiger partial charge in [0.1, 0.15) is 5.75 Å². The molecule has 1 saturated heterocycles. The Labute approximate surface area is 144 Å². The van der Waals surface area contributed by atoms with Crippen molar-refractivity contribution in [2.75, 3.05) is 19.7 Å². The number of nitrogens with one attached hydrogen (secondary N) is 1. The number of hydrogen-bond donors (Lipinski definition) is 1. The Kier molecular flexibility index (Phi) is 5.29. The summed E-state index contributed by atoms with van der Waals surface area (Å²) in [6.07, 6.45) is 4.71. The molecule has 5 nitrogen and oxygen atoms in total. The van der Waals surface area contributed by atoms with Gasteiger partial charge in [-0.1, -0.05) is 25.0 Å². The van der Waals surface area contributed by atoms with Gasteiger partial charge in [-0.05, 0) is 44.4 Å². The maximum Gasteiger partial charge on any atom is 0.317 e. The summed E-state index contributed by atoms with van der Waals surface area (Å²) in [5, 5.41) is 3.03. The zero-order valence-corrected chi connectivity index (χ0v) is 14.7. The molecule has 2 fully saturated rings. The minimum absolute atomic E-state index is 0.000226. The van der Waals surface area contributed by atoms with E-state index in [1.165, 1.54) is 12.8 Å². The predicted octanol–water partition coefficient (Wildman–Crippen LogP) is 3.33. The van der Waals surface area contributed by atoms with Gasteiger partial charge in [-0.3, -0.25) is 0 Å². The number of urea groups is 1. The van der Waals surface area contributed by atoms with Gasteiger partial charge < -0.3 is 19.7 Å². The molecule has 1 aromatic rings. The van der Waals surface area contributed by atoms with Gasteiger partial charge in [0.15, 0.2) is 0 Å².